The fourth-order valence-corrected chi connectivity index (χ4v) is 4.39. The van der Waals surface area contributed by atoms with Gasteiger partial charge in [0.15, 0.2) is 0 Å². The maximum absolute atomic E-state index is 12.8. The molecule has 1 saturated carbocycles. The number of hydrogen-bond acceptors (Lipinski definition) is 2. The maximum Gasteiger partial charge on any atom is 0.311 e. The second-order valence-corrected chi connectivity index (χ2v) is 8.34. The van der Waals surface area contributed by atoms with Crippen LogP contribution in [0.5, 0.6) is 0 Å². The van der Waals surface area contributed by atoms with Crippen LogP contribution < -0.4 is 0 Å². The predicted octanol–water partition coefficient (Wildman–Crippen LogP) is 3.16. The zero-order valence-electron chi connectivity index (χ0n) is 13.8. The number of likely N-dealkylation sites (tertiary alicyclic amines) is 1. The minimum absolute atomic E-state index is 0.0693. The lowest BCUT2D eigenvalue weighted by Crippen LogP contribution is -2.51. The molecule has 4 nitrogen and oxygen atoms in total. The Labute approximate surface area is 127 Å². The topological polar surface area (TPSA) is 57.6 Å². The van der Waals surface area contributed by atoms with Gasteiger partial charge in [-0.3, -0.25) is 9.59 Å². The first-order valence-corrected chi connectivity index (χ1v) is 8.15. The molecule has 2 aliphatic rings. The van der Waals surface area contributed by atoms with Crippen molar-refractivity contribution in [3.63, 3.8) is 0 Å². The normalized spacial score (nSPS) is 36.3. The van der Waals surface area contributed by atoms with Crippen molar-refractivity contribution in [3.05, 3.63) is 0 Å². The zero-order chi connectivity index (χ0) is 15.8. The lowest BCUT2D eigenvalue weighted by Gasteiger charge is -2.43. The molecule has 0 aromatic rings. The Kier molecular flexibility index (Phi) is 4.36. The van der Waals surface area contributed by atoms with E-state index in [-0.39, 0.29) is 17.2 Å². The highest BCUT2D eigenvalue weighted by Crippen LogP contribution is 2.43. The lowest BCUT2D eigenvalue weighted by molar-refractivity contribution is -0.155. The molecular formula is C17H29NO3. The van der Waals surface area contributed by atoms with Crippen molar-refractivity contribution in [1.29, 1.82) is 0 Å². The average Bonchev–Trinajstić information content (AvgIpc) is 2.35. The Morgan fingerprint density at radius 2 is 1.86 bits per heavy atom. The first kappa shape index (κ1) is 16.3. The molecule has 120 valence electrons. The summed E-state index contributed by atoms with van der Waals surface area (Å²) in [5, 5.41) is 9.39. The summed E-state index contributed by atoms with van der Waals surface area (Å²) < 4.78 is 0. The Morgan fingerprint density at radius 1 is 1.19 bits per heavy atom. The number of amides is 1. The van der Waals surface area contributed by atoms with Gasteiger partial charge in [0.05, 0.1) is 5.41 Å². The molecule has 1 amide bonds. The molecule has 0 spiro atoms. The highest BCUT2D eigenvalue weighted by atomic mass is 16.4. The number of carboxylic acids is 1. The van der Waals surface area contributed by atoms with E-state index in [1.165, 1.54) is 6.42 Å². The number of carbonyl (C=O) groups excluding carboxylic acids is 1. The van der Waals surface area contributed by atoms with Crippen molar-refractivity contribution in [2.24, 2.45) is 22.7 Å². The van der Waals surface area contributed by atoms with Crippen LogP contribution in [0, 0.1) is 22.7 Å². The van der Waals surface area contributed by atoms with Gasteiger partial charge >= 0.3 is 5.97 Å². The predicted molar refractivity (Wildman–Crippen MR) is 81.8 cm³/mol. The van der Waals surface area contributed by atoms with Gasteiger partial charge in [0.25, 0.3) is 0 Å². The number of carbonyl (C=O) groups is 2. The van der Waals surface area contributed by atoms with Crippen molar-refractivity contribution >= 4 is 11.9 Å². The highest BCUT2D eigenvalue weighted by molar-refractivity contribution is 5.81. The van der Waals surface area contributed by atoms with Crippen LogP contribution in [-0.4, -0.2) is 35.0 Å². The largest absolute Gasteiger partial charge is 0.481 e. The summed E-state index contributed by atoms with van der Waals surface area (Å²) in [5.74, 6) is 0.0392. The van der Waals surface area contributed by atoms with Crippen molar-refractivity contribution in [3.8, 4) is 0 Å². The molecule has 3 atom stereocenters. The molecule has 2 rings (SSSR count). The van der Waals surface area contributed by atoms with Crippen LogP contribution in [0.1, 0.15) is 59.8 Å². The maximum atomic E-state index is 12.8. The van der Waals surface area contributed by atoms with E-state index in [4.69, 9.17) is 0 Å². The van der Waals surface area contributed by atoms with E-state index in [0.29, 0.717) is 25.4 Å². The fourth-order valence-electron chi connectivity index (χ4n) is 4.39. The van der Waals surface area contributed by atoms with Gasteiger partial charge in [-0.25, -0.2) is 0 Å². The third-order valence-electron chi connectivity index (χ3n) is 5.26. The molecule has 1 heterocycles. The molecular weight excluding hydrogens is 266 g/mol. The molecule has 0 bridgehead atoms. The number of carboxylic acid groups (broad SMARTS) is 1. The van der Waals surface area contributed by atoms with E-state index in [9.17, 15) is 14.7 Å². The summed E-state index contributed by atoms with van der Waals surface area (Å²) in [7, 11) is 0. The summed E-state index contributed by atoms with van der Waals surface area (Å²) in [6.07, 6.45) is 4.50. The van der Waals surface area contributed by atoms with Crippen molar-refractivity contribution in [2.75, 3.05) is 13.1 Å². The molecule has 0 radical (unpaired) electrons. The van der Waals surface area contributed by atoms with Gasteiger partial charge in [0, 0.05) is 19.0 Å². The molecule has 1 aliphatic heterocycles. The second kappa shape index (κ2) is 5.62. The smallest absolute Gasteiger partial charge is 0.311 e. The van der Waals surface area contributed by atoms with Crippen LogP contribution in [0.25, 0.3) is 0 Å². The van der Waals surface area contributed by atoms with Crippen molar-refractivity contribution in [1.82, 2.24) is 4.90 Å². The van der Waals surface area contributed by atoms with E-state index in [0.717, 1.165) is 19.3 Å². The third kappa shape index (κ3) is 3.58. The Bertz CT molecular complexity index is 432. The first-order valence-electron chi connectivity index (χ1n) is 8.15. The van der Waals surface area contributed by atoms with Gasteiger partial charge in [0.1, 0.15) is 0 Å². The van der Waals surface area contributed by atoms with Crippen LogP contribution in [0.2, 0.25) is 0 Å². The second-order valence-electron chi connectivity index (χ2n) is 8.34. The van der Waals surface area contributed by atoms with Gasteiger partial charge in [0.2, 0.25) is 5.91 Å². The molecule has 21 heavy (non-hydrogen) atoms. The summed E-state index contributed by atoms with van der Waals surface area (Å²) in [6, 6.07) is 0. The fraction of sp³-hybridized carbons (Fsp3) is 0.882. The quantitative estimate of drug-likeness (QED) is 0.851. The molecule has 3 unspecified atom stereocenters. The minimum Gasteiger partial charge on any atom is -0.481 e. The number of piperidine rings is 1. The van der Waals surface area contributed by atoms with E-state index >= 15 is 0 Å². The van der Waals surface area contributed by atoms with Gasteiger partial charge in [-0.2, -0.15) is 0 Å². The highest BCUT2D eigenvalue weighted by Gasteiger charge is 2.42. The number of rotatable bonds is 2. The minimum atomic E-state index is -0.780. The van der Waals surface area contributed by atoms with Crippen LogP contribution in [-0.2, 0) is 9.59 Å². The summed E-state index contributed by atoms with van der Waals surface area (Å²) in [6.45, 7) is 9.54. The molecule has 0 aromatic carbocycles. The van der Waals surface area contributed by atoms with Gasteiger partial charge in [-0.05, 0) is 50.4 Å². The Balaban J connectivity index is 2.07. The average molecular weight is 295 g/mol. The summed E-state index contributed by atoms with van der Waals surface area (Å²) >= 11 is 0. The van der Waals surface area contributed by atoms with Crippen LogP contribution in [0.3, 0.4) is 0 Å². The van der Waals surface area contributed by atoms with Crippen LogP contribution in [0.15, 0.2) is 0 Å². The van der Waals surface area contributed by atoms with E-state index in [1.807, 2.05) is 4.90 Å². The van der Waals surface area contributed by atoms with Gasteiger partial charge < -0.3 is 10.0 Å². The summed E-state index contributed by atoms with van der Waals surface area (Å²) in [4.78, 5) is 26.1. The lowest BCUT2D eigenvalue weighted by atomic mass is 9.67. The standard InChI is InChI=1S/C17H29NO3/c1-12-8-13(10-16(2,3)9-12)14(19)18-7-5-6-17(4,11-18)15(20)21/h12-13H,5-11H2,1-4H3,(H,20,21). The number of aliphatic carboxylic acids is 1. The van der Waals surface area contributed by atoms with Gasteiger partial charge in [-0.15, -0.1) is 0 Å². The molecule has 4 heteroatoms. The Hall–Kier alpha value is -1.06. The SMILES string of the molecule is CC1CC(C(=O)N2CCCC(C)(C(=O)O)C2)CC(C)(C)C1. The van der Waals surface area contributed by atoms with Crippen molar-refractivity contribution < 1.29 is 14.7 Å². The van der Waals surface area contributed by atoms with Crippen LogP contribution in [0.4, 0.5) is 0 Å². The summed E-state index contributed by atoms with van der Waals surface area (Å²) in [5.41, 5.74) is -0.562. The van der Waals surface area contributed by atoms with Gasteiger partial charge in [-0.1, -0.05) is 20.8 Å². The number of nitrogens with zero attached hydrogens (tertiary/aromatic N) is 1. The molecule has 0 aromatic heterocycles. The Morgan fingerprint density at radius 3 is 2.43 bits per heavy atom. The molecule has 1 saturated heterocycles. The molecule has 1 N–H and O–H groups in total. The molecule has 1 aliphatic carbocycles. The van der Waals surface area contributed by atoms with Crippen molar-refractivity contribution in [2.45, 2.75) is 59.8 Å². The molecule has 2 fully saturated rings. The zero-order valence-corrected chi connectivity index (χ0v) is 13.8. The number of hydrogen-bond donors (Lipinski definition) is 1. The van der Waals surface area contributed by atoms with E-state index < -0.39 is 11.4 Å². The van der Waals surface area contributed by atoms with Crippen LogP contribution >= 0.6 is 0 Å². The first-order chi connectivity index (χ1) is 9.63. The van der Waals surface area contributed by atoms with E-state index in [2.05, 4.69) is 20.8 Å². The van der Waals surface area contributed by atoms with E-state index in [1.54, 1.807) is 6.92 Å². The monoisotopic (exact) mass is 295 g/mol. The third-order valence-corrected chi connectivity index (χ3v) is 5.26.